The van der Waals surface area contributed by atoms with Crippen molar-refractivity contribution < 1.29 is 18.0 Å². The zero-order chi connectivity index (χ0) is 18.0. The average molecular weight is 361 g/mol. The molecule has 2 aromatic rings. The summed E-state index contributed by atoms with van der Waals surface area (Å²) in [6.45, 7) is 2.74. The Labute approximate surface area is 146 Å². The minimum atomic E-state index is -3.91. The van der Waals surface area contributed by atoms with Crippen molar-refractivity contribution in [1.29, 1.82) is 0 Å². The van der Waals surface area contributed by atoms with E-state index in [4.69, 9.17) is 0 Å². The number of nitrogens with one attached hydrogen (secondary N) is 2. The number of aromatic nitrogens is 1. The highest BCUT2D eigenvalue weighted by Crippen LogP contribution is 2.22. The van der Waals surface area contributed by atoms with E-state index in [-0.39, 0.29) is 33.5 Å². The van der Waals surface area contributed by atoms with Gasteiger partial charge >= 0.3 is 0 Å². The quantitative estimate of drug-likeness (QED) is 0.798. The average Bonchev–Trinajstić information content (AvgIpc) is 3.26. The topological polar surface area (TPSA) is 99.3 Å². The van der Waals surface area contributed by atoms with E-state index in [1.54, 1.807) is 23.1 Å². The van der Waals surface area contributed by atoms with Crippen molar-refractivity contribution in [3.63, 3.8) is 0 Å². The molecule has 25 heavy (non-hydrogen) atoms. The van der Waals surface area contributed by atoms with Crippen LogP contribution in [0.25, 0.3) is 0 Å². The van der Waals surface area contributed by atoms with Crippen LogP contribution in [0.2, 0.25) is 0 Å². The van der Waals surface area contributed by atoms with Crippen molar-refractivity contribution in [2.75, 3.05) is 17.8 Å². The Bertz CT molecular complexity index is 911. The number of amides is 1. The zero-order valence-corrected chi connectivity index (χ0v) is 14.6. The number of aromatic amines is 1. The Morgan fingerprint density at radius 2 is 1.84 bits per heavy atom. The number of carbonyl (C=O) groups excluding carboxylic acids is 2. The number of hydrogen-bond acceptors (Lipinski definition) is 4. The first kappa shape index (κ1) is 17.2. The van der Waals surface area contributed by atoms with E-state index in [2.05, 4.69) is 9.71 Å². The Hall–Kier alpha value is -2.61. The number of sulfonamides is 1. The lowest BCUT2D eigenvalue weighted by Crippen LogP contribution is -2.27. The molecule has 1 amide bonds. The molecule has 1 aromatic heterocycles. The molecule has 2 heterocycles. The number of Topliss-reactive ketones (excluding diaryl/α,β-unsaturated/α-hetero) is 1. The minimum absolute atomic E-state index is 0.0478. The lowest BCUT2D eigenvalue weighted by atomic mass is 10.1. The molecule has 1 fully saturated rings. The molecule has 8 heteroatoms. The standard InChI is InChI=1S/C17H19N3O4S/c1-12(21)14-6-2-3-7-15(14)19-25(23,24)13-10-16(18-11-13)17(22)20-8-4-5-9-20/h2-3,6-7,10-11,18-19H,4-5,8-9H2,1H3. The van der Waals surface area contributed by atoms with Crippen LogP contribution in [0.4, 0.5) is 5.69 Å². The first-order valence-corrected chi connectivity index (χ1v) is 9.47. The summed E-state index contributed by atoms with van der Waals surface area (Å²) in [4.78, 5) is 28.3. The molecule has 132 valence electrons. The molecular weight excluding hydrogens is 342 g/mol. The third-order valence-corrected chi connectivity index (χ3v) is 5.49. The van der Waals surface area contributed by atoms with Gasteiger partial charge in [-0.2, -0.15) is 0 Å². The van der Waals surface area contributed by atoms with E-state index in [9.17, 15) is 18.0 Å². The smallest absolute Gasteiger partial charge is 0.270 e. The van der Waals surface area contributed by atoms with Crippen molar-refractivity contribution >= 4 is 27.4 Å². The highest BCUT2D eigenvalue weighted by molar-refractivity contribution is 7.92. The lowest BCUT2D eigenvalue weighted by Gasteiger charge is -2.13. The molecule has 0 atom stereocenters. The third kappa shape index (κ3) is 3.58. The van der Waals surface area contributed by atoms with Crippen molar-refractivity contribution in [1.82, 2.24) is 9.88 Å². The summed E-state index contributed by atoms with van der Waals surface area (Å²) in [5, 5.41) is 0. The molecule has 3 rings (SSSR count). The van der Waals surface area contributed by atoms with E-state index in [0.29, 0.717) is 13.1 Å². The molecule has 0 unspecified atom stereocenters. The van der Waals surface area contributed by atoms with Crippen LogP contribution >= 0.6 is 0 Å². The normalized spacial score (nSPS) is 14.5. The van der Waals surface area contributed by atoms with Crippen molar-refractivity contribution in [3.05, 3.63) is 47.8 Å². The van der Waals surface area contributed by atoms with Crippen LogP contribution in [0, 0.1) is 0 Å². The monoisotopic (exact) mass is 361 g/mol. The SMILES string of the molecule is CC(=O)c1ccccc1NS(=O)(=O)c1c[nH]c(C(=O)N2CCCC2)c1. The molecule has 0 spiro atoms. The molecule has 1 saturated heterocycles. The van der Waals surface area contributed by atoms with E-state index >= 15 is 0 Å². The fourth-order valence-electron chi connectivity index (χ4n) is 2.83. The summed E-state index contributed by atoms with van der Waals surface area (Å²) in [7, 11) is -3.91. The lowest BCUT2D eigenvalue weighted by molar-refractivity contribution is 0.0787. The number of H-pyrrole nitrogens is 1. The van der Waals surface area contributed by atoms with E-state index < -0.39 is 10.0 Å². The number of ketones is 1. The van der Waals surface area contributed by atoms with Crippen LogP contribution in [-0.2, 0) is 10.0 Å². The van der Waals surface area contributed by atoms with Crippen LogP contribution in [0.15, 0.2) is 41.4 Å². The maximum atomic E-state index is 12.6. The van der Waals surface area contributed by atoms with Gasteiger partial charge in [-0.3, -0.25) is 14.3 Å². The van der Waals surface area contributed by atoms with Crippen LogP contribution in [0.5, 0.6) is 0 Å². The number of benzene rings is 1. The first-order valence-electron chi connectivity index (χ1n) is 7.99. The van der Waals surface area contributed by atoms with Gasteiger partial charge in [-0.15, -0.1) is 0 Å². The van der Waals surface area contributed by atoms with Crippen LogP contribution in [-0.4, -0.2) is 43.1 Å². The number of para-hydroxylation sites is 1. The van der Waals surface area contributed by atoms with E-state index in [1.807, 2.05) is 0 Å². The fourth-order valence-corrected chi connectivity index (χ4v) is 3.90. The van der Waals surface area contributed by atoms with Crippen LogP contribution in [0.1, 0.15) is 40.6 Å². The molecule has 0 radical (unpaired) electrons. The molecule has 0 bridgehead atoms. The maximum Gasteiger partial charge on any atom is 0.270 e. The van der Waals surface area contributed by atoms with Gasteiger partial charge in [-0.05, 0) is 38.0 Å². The molecule has 1 aliphatic rings. The second-order valence-corrected chi connectivity index (χ2v) is 7.64. The Morgan fingerprint density at radius 1 is 1.16 bits per heavy atom. The van der Waals surface area contributed by atoms with Gasteiger partial charge in [0.1, 0.15) is 10.6 Å². The van der Waals surface area contributed by atoms with Crippen molar-refractivity contribution in [3.8, 4) is 0 Å². The predicted octanol–water partition coefficient (Wildman–Crippen LogP) is 2.25. The van der Waals surface area contributed by atoms with Gasteiger partial charge in [0.15, 0.2) is 5.78 Å². The second-order valence-electron chi connectivity index (χ2n) is 5.96. The molecule has 2 N–H and O–H groups in total. The third-order valence-electron chi connectivity index (χ3n) is 4.14. The maximum absolute atomic E-state index is 12.6. The van der Waals surface area contributed by atoms with Gasteiger partial charge in [-0.25, -0.2) is 8.42 Å². The zero-order valence-electron chi connectivity index (χ0n) is 13.8. The minimum Gasteiger partial charge on any atom is -0.356 e. The second kappa shape index (κ2) is 6.72. The van der Waals surface area contributed by atoms with Gasteiger partial charge in [-0.1, -0.05) is 12.1 Å². The highest BCUT2D eigenvalue weighted by atomic mass is 32.2. The summed E-state index contributed by atoms with van der Waals surface area (Å²) in [5.41, 5.74) is 0.737. The Morgan fingerprint density at radius 3 is 2.52 bits per heavy atom. The molecule has 7 nitrogen and oxygen atoms in total. The van der Waals surface area contributed by atoms with E-state index in [0.717, 1.165) is 12.8 Å². The molecule has 1 aromatic carbocycles. The summed E-state index contributed by atoms with van der Waals surface area (Å²) < 4.78 is 27.5. The van der Waals surface area contributed by atoms with Crippen molar-refractivity contribution in [2.45, 2.75) is 24.7 Å². The van der Waals surface area contributed by atoms with Crippen LogP contribution in [0.3, 0.4) is 0 Å². The largest absolute Gasteiger partial charge is 0.356 e. The molecular formula is C17H19N3O4S. The fraction of sp³-hybridized carbons (Fsp3) is 0.294. The number of rotatable bonds is 5. The van der Waals surface area contributed by atoms with Gasteiger partial charge in [0.2, 0.25) is 0 Å². The highest BCUT2D eigenvalue weighted by Gasteiger charge is 2.24. The summed E-state index contributed by atoms with van der Waals surface area (Å²) in [6.07, 6.45) is 3.20. The number of hydrogen-bond donors (Lipinski definition) is 2. The van der Waals surface area contributed by atoms with Gasteiger partial charge in [0.05, 0.1) is 5.69 Å². The number of anilines is 1. The Kier molecular flexibility index (Phi) is 4.63. The predicted molar refractivity (Wildman–Crippen MR) is 93.2 cm³/mol. The van der Waals surface area contributed by atoms with Crippen LogP contribution < -0.4 is 4.72 Å². The van der Waals surface area contributed by atoms with Gasteiger partial charge < -0.3 is 9.88 Å². The Balaban J connectivity index is 1.84. The first-order chi connectivity index (χ1) is 11.9. The number of likely N-dealkylation sites (tertiary alicyclic amines) is 1. The van der Waals surface area contributed by atoms with E-state index in [1.165, 1.54) is 25.3 Å². The number of carbonyl (C=O) groups is 2. The molecule has 0 saturated carbocycles. The summed E-state index contributed by atoms with van der Waals surface area (Å²) >= 11 is 0. The molecule has 0 aliphatic carbocycles. The molecule has 1 aliphatic heterocycles. The summed E-state index contributed by atoms with van der Waals surface area (Å²) in [5.74, 6) is -0.444. The van der Waals surface area contributed by atoms with Gasteiger partial charge in [0, 0.05) is 24.8 Å². The number of nitrogens with zero attached hydrogens (tertiary/aromatic N) is 1. The van der Waals surface area contributed by atoms with Crippen molar-refractivity contribution in [2.24, 2.45) is 0 Å². The van der Waals surface area contributed by atoms with Gasteiger partial charge in [0.25, 0.3) is 15.9 Å². The summed E-state index contributed by atoms with van der Waals surface area (Å²) in [6, 6.07) is 7.71.